The number of amides is 1. The first-order chi connectivity index (χ1) is 9.77. The van der Waals surface area contributed by atoms with Crippen LogP contribution in [0.4, 0.5) is 18.0 Å². The predicted molar refractivity (Wildman–Crippen MR) is 74.1 cm³/mol. The second-order valence-electron chi connectivity index (χ2n) is 5.80. The van der Waals surface area contributed by atoms with Crippen LogP contribution in [-0.4, -0.2) is 37.0 Å². The molecule has 0 spiro atoms. The van der Waals surface area contributed by atoms with Gasteiger partial charge < -0.3 is 14.8 Å². The molecule has 1 N–H and O–H groups in total. The van der Waals surface area contributed by atoms with Crippen molar-refractivity contribution in [3.8, 4) is 0 Å². The van der Waals surface area contributed by atoms with E-state index in [-0.39, 0.29) is 0 Å². The van der Waals surface area contributed by atoms with Crippen LogP contribution < -0.4 is 5.32 Å². The van der Waals surface area contributed by atoms with Crippen LogP contribution in [0.25, 0.3) is 0 Å². The van der Waals surface area contributed by atoms with Gasteiger partial charge in [-0.25, -0.2) is 4.79 Å². The highest BCUT2D eigenvalue weighted by Gasteiger charge is 2.38. The van der Waals surface area contributed by atoms with Crippen molar-refractivity contribution in [1.82, 2.24) is 5.32 Å². The van der Waals surface area contributed by atoms with E-state index >= 15 is 0 Å². The normalized spacial score (nSPS) is 15.8. The van der Waals surface area contributed by atoms with Crippen molar-refractivity contribution in [3.05, 3.63) is 11.6 Å². The second kappa shape index (κ2) is 7.51. The summed E-state index contributed by atoms with van der Waals surface area (Å²) >= 11 is 0. The van der Waals surface area contributed by atoms with E-state index < -0.39 is 41.4 Å². The summed E-state index contributed by atoms with van der Waals surface area (Å²) in [4.78, 5) is 22.8. The molecule has 0 saturated carbocycles. The van der Waals surface area contributed by atoms with Crippen molar-refractivity contribution in [3.63, 3.8) is 0 Å². The lowest BCUT2D eigenvalue weighted by atomic mass is 10.0. The smallest absolute Gasteiger partial charge is 0.414 e. The van der Waals surface area contributed by atoms with E-state index in [0.717, 1.165) is 20.1 Å². The first-order valence-electron chi connectivity index (χ1n) is 6.64. The van der Waals surface area contributed by atoms with Crippen LogP contribution in [0.2, 0.25) is 0 Å². The van der Waals surface area contributed by atoms with Gasteiger partial charge in [-0.1, -0.05) is 6.08 Å². The molecular formula is C14H22F3NO4. The molecule has 0 aromatic rings. The number of carbonyl (C=O) groups is 2. The Hall–Kier alpha value is -1.73. The molecule has 0 saturated heterocycles. The summed E-state index contributed by atoms with van der Waals surface area (Å²) in [5.41, 5.74) is -1.87. The number of halogens is 3. The topological polar surface area (TPSA) is 64.6 Å². The van der Waals surface area contributed by atoms with Gasteiger partial charge in [0, 0.05) is 0 Å². The highest BCUT2D eigenvalue weighted by molar-refractivity contribution is 5.74. The molecule has 0 fully saturated rings. The molecule has 0 aromatic carbocycles. The summed E-state index contributed by atoms with van der Waals surface area (Å²) in [5, 5.41) is 2.10. The van der Waals surface area contributed by atoms with E-state index in [9.17, 15) is 22.8 Å². The summed E-state index contributed by atoms with van der Waals surface area (Å²) in [6.45, 7) is 7.22. The molecule has 2 atom stereocenters. The van der Waals surface area contributed by atoms with Gasteiger partial charge in [0.2, 0.25) is 0 Å². The van der Waals surface area contributed by atoms with Crippen molar-refractivity contribution >= 4 is 12.1 Å². The monoisotopic (exact) mass is 325 g/mol. The zero-order valence-electron chi connectivity index (χ0n) is 13.5. The zero-order chi connectivity index (χ0) is 17.7. The zero-order valence-corrected chi connectivity index (χ0v) is 13.5. The van der Waals surface area contributed by atoms with Gasteiger partial charge in [0.25, 0.3) is 0 Å². The minimum Gasteiger partial charge on any atom is -0.469 e. The first kappa shape index (κ1) is 20.3. The third-order valence-corrected chi connectivity index (χ3v) is 2.53. The van der Waals surface area contributed by atoms with Crippen LogP contribution in [0.1, 0.15) is 34.6 Å². The minimum atomic E-state index is -4.70. The maximum absolute atomic E-state index is 13.1. The summed E-state index contributed by atoms with van der Waals surface area (Å²) < 4.78 is 48.5. The SMILES string of the molecule is COC(=O)[C@H](C)/C=C(/[C@H](C)NC(=O)OC(C)(C)C)C(F)(F)F. The molecule has 128 valence electrons. The molecule has 0 unspecified atom stereocenters. The number of hydrogen-bond donors (Lipinski definition) is 1. The van der Waals surface area contributed by atoms with Gasteiger partial charge in [-0.2, -0.15) is 13.2 Å². The number of esters is 1. The Balaban J connectivity index is 5.18. The Labute approximate surface area is 127 Å². The predicted octanol–water partition coefficient (Wildman–Crippen LogP) is 3.20. The number of rotatable bonds is 4. The van der Waals surface area contributed by atoms with Crippen LogP contribution in [-0.2, 0) is 14.3 Å². The Morgan fingerprint density at radius 3 is 2.00 bits per heavy atom. The summed E-state index contributed by atoms with van der Waals surface area (Å²) in [5.74, 6) is -1.89. The minimum absolute atomic E-state index is 0.730. The maximum Gasteiger partial charge on any atom is 0.414 e. The molecule has 0 aromatic heterocycles. The van der Waals surface area contributed by atoms with Crippen molar-refractivity contribution in [2.75, 3.05) is 7.11 Å². The number of hydrogen-bond acceptors (Lipinski definition) is 4. The number of nitrogens with one attached hydrogen (secondary N) is 1. The fraction of sp³-hybridized carbons (Fsp3) is 0.714. The van der Waals surface area contributed by atoms with Gasteiger partial charge in [0.15, 0.2) is 0 Å². The summed E-state index contributed by atoms with van der Waals surface area (Å²) in [6.07, 6.45) is -4.94. The van der Waals surface area contributed by atoms with Gasteiger partial charge in [0.1, 0.15) is 5.60 Å². The number of alkyl carbamates (subject to hydrolysis) is 1. The maximum atomic E-state index is 13.1. The lowest BCUT2D eigenvalue weighted by molar-refractivity contribution is -0.143. The highest BCUT2D eigenvalue weighted by Crippen LogP contribution is 2.29. The summed E-state index contributed by atoms with van der Waals surface area (Å²) in [6, 6.07) is -1.37. The van der Waals surface area contributed by atoms with Crippen molar-refractivity contribution in [2.45, 2.75) is 52.4 Å². The number of alkyl halides is 3. The Morgan fingerprint density at radius 1 is 1.14 bits per heavy atom. The van der Waals surface area contributed by atoms with Crippen LogP contribution >= 0.6 is 0 Å². The number of methoxy groups -OCH3 is 1. The van der Waals surface area contributed by atoms with Crippen LogP contribution in [0, 0.1) is 5.92 Å². The van der Waals surface area contributed by atoms with E-state index in [1.165, 1.54) is 6.92 Å². The molecule has 0 aliphatic rings. The highest BCUT2D eigenvalue weighted by atomic mass is 19.4. The largest absolute Gasteiger partial charge is 0.469 e. The molecule has 5 nitrogen and oxygen atoms in total. The van der Waals surface area contributed by atoms with Crippen LogP contribution in [0.15, 0.2) is 11.6 Å². The van der Waals surface area contributed by atoms with Gasteiger partial charge in [-0.15, -0.1) is 0 Å². The van der Waals surface area contributed by atoms with E-state index in [1.54, 1.807) is 20.8 Å². The fourth-order valence-corrected chi connectivity index (χ4v) is 1.57. The third-order valence-electron chi connectivity index (χ3n) is 2.53. The average molecular weight is 325 g/mol. The Bertz CT molecular complexity index is 438. The lowest BCUT2D eigenvalue weighted by Gasteiger charge is -2.24. The van der Waals surface area contributed by atoms with Crippen LogP contribution in [0.5, 0.6) is 0 Å². The molecule has 0 aliphatic heterocycles. The van der Waals surface area contributed by atoms with Gasteiger partial charge >= 0.3 is 18.2 Å². The first-order valence-corrected chi connectivity index (χ1v) is 6.64. The van der Waals surface area contributed by atoms with Gasteiger partial charge in [0.05, 0.1) is 24.6 Å². The molecule has 0 aliphatic carbocycles. The van der Waals surface area contributed by atoms with E-state index in [1.807, 2.05) is 0 Å². The van der Waals surface area contributed by atoms with E-state index in [2.05, 4.69) is 10.1 Å². The molecule has 0 heterocycles. The third kappa shape index (κ3) is 7.33. The lowest BCUT2D eigenvalue weighted by Crippen LogP contribution is -2.41. The summed E-state index contributed by atoms with van der Waals surface area (Å²) in [7, 11) is 1.09. The molecule has 0 bridgehead atoms. The molecule has 22 heavy (non-hydrogen) atoms. The average Bonchev–Trinajstić information content (AvgIpc) is 2.30. The molecule has 0 radical (unpaired) electrons. The van der Waals surface area contributed by atoms with Gasteiger partial charge in [-0.05, 0) is 34.6 Å². The van der Waals surface area contributed by atoms with E-state index in [0.29, 0.717) is 0 Å². The Morgan fingerprint density at radius 2 is 1.64 bits per heavy atom. The van der Waals surface area contributed by atoms with Crippen molar-refractivity contribution < 1.29 is 32.2 Å². The standard InChI is InChI=1S/C14H22F3NO4/c1-8(11(19)21-6)7-10(14(15,16)17)9(2)18-12(20)22-13(3,4)5/h7-9H,1-6H3,(H,18,20)/b10-7-/t8-,9+/m1/s1. The number of ether oxygens (including phenoxy) is 2. The number of carbonyl (C=O) groups excluding carboxylic acids is 2. The fourth-order valence-electron chi connectivity index (χ4n) is 1.57. The second-order valence-corrected chi connectivity index (χ2v) is 5.80. The molecule has 0 rings (SSSR count). The van der Waals surface area contributed by atoms with Gasteiger partial charge in [-0.3, -0.25) is 4.79 Å². The quantitative estimate of drug-likeness (QED) is 0.637. The van der Waals surface area contributed by atoms with Crippen molar-refractivity contribution in [1.29, 1.82) is 0 Å². The molecule has 8 heteroatoms. The van der Waals surface area contributed by atoms with E-state index in [4.69, 9.17) is 4.74 Å². The Kier molecular flexibility index (Phi) is 6.92. The van der Waals surface area contributed by atoms with Crippen LogP contribution in [0.3, 0.4) is 0 Å². The molecule has 1 amide bonds. The van der Waals surface area contributed by atoms with Crippen molar-refractivity contribution in [2.24, 2.45) is 5.92 Å². The molecular weight excluding hydrogens is 303 g/mol.